The minimum atomic E-state index is -0.516. The molecule has 6 heteroatoms. The smallest absolute Gasteiger partial charge is 0.410 e. The third-order valence-electron chi connectivity index (χ3n) is 4.75. The van der Waals surface area contributed by atoms with Gasteiger partial charge in [0.1, 0.15) is 36.5 Å². The number of nitrogens with zero attached hydrogens (tertiary/aromatic N) is 1. The topological polar surface area (TPSA) is 48.0 Å². The van der Waals surface area contributed by atoms with Gasteiger partial charge in [-0.25, -0.2) is 9.18 Å². The predicted octanol–water partition coefficient (Wildman–Crippen LogP) is 4.34. The lowest BCUT2D eigenvalue weighted by atomic mass is 10.00. The quantitative estimate of drug-likeness (QED) is 0.779. The largest absolute Gasteiger partial charge is 0.491 e. The van der Waals surface area contributed by atoms with E-state index in [1.807, 2.05) is 37.8 Å². The van der Waals surface area contributed by atoms with Gasteiger partial charge in [0.05, 0.1) is 0 Å². The summed E-state index contributed by atoms with van der Waals surface area (Å²) in [6.07, 6.45) is 3.41. The van der Waals surface area contributed by atoms with E-state index < -0.39 is 12.3 Å². The summed E-state index contributed by atoms with van der Waals surface area (Å²) < 4.78 is 29.3. The van der Waals surface area contributed by atoms with E-state index in [0.29, 0.717) is 5.75 Å². The van der Waals surface area contributed by atoms with Crippen LogP contribution in [0.5, 0.6) is 11.5 Å². The second-order valence-electron chi connectivity index (χ2n) is 8.00. The van der Waals surface area contributed by atoms with Crippen LogP contribution in [0, 0.1) is 0 Å². The highest BCUT2D eigenvalue weighted by atomic mass is 19.1. The normalized spacial score (nSPS) is 25.1. The second kappa shape index (κ2) is 7.72. The number of amides is 1. The lowest BCUT2D eigenvalue weighted by Crippen LogP contribution is -2.50. The van der Waals surface area contributed by atoms with Gasteiger partial charge in [-0.3, -0.25) is 0 Å². The van der Waals surface area contributed by atoms with E-state index >= 15 is 0 Å². The van der Waals surface area contributed by atoms with Crippen molar-refractivity contribution in [2.75, 3.05) is 13.3 Å². The van der Waals surface area contributed by atoms with Gasteiger partial charge in [-0.15, -0.1) is 0 Å². The molecule has 3 rings (SSSR count). The third-order valence-corrected chi connectivity index (χ3v) is 4.75. The SMILES string of the molecule is CC(C)(C)OC(=O)N1[C@@H]2CC[C@H]1C[C@@H](Oc1cccc(OCCF)c1)C2. The van der Waals surface area contributed by atoms with E-state index in [4.69, 9.17) is 14.2 Å². The molecule has 1 amide bonds. The lowest BCUT2D eigenvalue weighted by molar-refractivity contribution is -0.00708. The van der Waals surface area contributed by atoms with Gasteiger partial charge in [-0.2, -0.15) is 0 Å². The fourth-order valence-corrected chi connectivity index (χ4v) is 3.82. The van der Waals surface area contributed by atoms with Crippen LogP contribution in [0.4, 0.5) is 9.18 Å². The molecule has 2 fully saturated rings. The molecule has 1 aromatic rings. The lowest BCUT2D eigenvalue weighted by Gasteiger charge is -2.39. The number of rotatable bonds is 5. The van der Waals surface area contributed by atoms with Gasteiger partial charge in [-0.05, 0) is 45.7 Å². The molecule has 1 aromatic carbocycles. The van der Waals surface area contributed by atoms with Crippen LogP contribution in [-0.4, -0.2) is 48.1 Å². The van der Waals surface area contributed by atoms with Crippen LogP contribution in [0.3, 0.4) is 0 Å². The molecule has 2 aliphatic heterocycles. The summed E-state index contributed by atoms with van der Waals surface area (Å²) in [7, 11) is 0. The Hall–Kier alpha value is -1.98. The summed E-state index contributed by atoms with van der Waals surface area (Å²) in [5, 5.41) is 0. The Morgan fingerprint density at radius 3 is 2.46 bits per heavy atom. The summed E-state index contributed by atoms with van der Waals surface area (Å²) in [4.78, 5) is 14.4. The van der Waals surface area contributed by atoms with Gasteiger partial charge in [0.2, 0.25) is 0 Å². The molecular weight excluding hydrogens is 337 g/mol. The van der Waals surface area contributed by atoms with Gasteiger partial charge in [0.15, 0.2) is 0 Å². The van der Waals surface area contributed by atoms with E-state index in [1.54, 1.807) is 12.1 Å². The number of carbonyl (C=O) groups is 1. The van der Waals surface area contributed by atoms with Crippen molar-refractivity contribution in [3.05, 3.63) is 24.3 Å². The van der Waals surface area contributed by atoms with Crippen molar-refractivity contribution in [1.29, 1.82) is 0 Å². The van der Waals surface area contributed by atoms with Crippen molar-refractivity contribution in [3.8, 4) is 11.5 Å². The number of fused-ring (bicyclic) bond motifs is 2. The molecule has 2 heterocycles. The van der Waals surface area contributed by atoms with Crippen molar-refractivity contribution in [2.45, 2.75) is 70.2 Å². The minimum Gasteiger partial charge on any atom is -0.491 e. The Balaban J connectivity index is 1.60. The van der Waals surface area contributed by atoms with E-state index in [9.17, 15) is 9.18 Å². The number of benzene rings is 1. The monoisotopic (exact) mass is 365 g/mol. The summed E-state index contributed by atoms with van der Waals surface area (Å²) >= 11 is 0. The number of halogens is 1. The molecule has 0 aromatic heterocycles. The number of hydrogen-bond donors (Lipinski definition) is 0. The molecule has 26 heavy (non-hydrogen) atoms. The van der Waals surface area contributed by atoms with Crippen molar-refractivity contribution in [1.82, 2.24) is 4.90 Å². The molecule has 0 saturated carbocycles. The van der Waals surface area contributed by atoms with Crippen LogP contribution in [0.15, 0.2) is 24.3 Å². The van der Waals surface area contributed by atoms with E-state index in [-0.39, 0.29) is 30.9 Å². The van der Waals surface area contributed by atoms with Crippen LogP contribution >= 0.6 is 0 Å². The van der Waals surface area contributed by atoms with Crippen molar-refractivity contribution >= 4 is 6.09 Å². The Bertz CT molecular complexity index is 616. The molecule has 3 atom stereocenters. The van der Waals surface area contributed by atoms with Gasteiger partial charge in [0, 0.05) is 31.0 Å². The van der Waals surface area contributed by atoms with Crippen LogP contribution in [0.1, 0.15) is 46.5 Å². The summed E-state index contributed by atoms with van der Waals surface area (Å²) in [5.41, 5.74) is -0.482. The van der Waals surface area contributed by atoms with E-state index in [2.05, 4.69) is 0 Å². The highest BCUT2D eigenvalue weighted by Gasteiger charge is 2.45. The van der Waals surface area contributed by atoms with E-state index in [0.717, 1.165) is 31.4 Å². The van der Waals surface area contributed by atoms with Gasteiger partial charge in [-0.1, -0.05) is 6.07 Å². The molecule has 0 N–H and O–H groups in total. The fraction of sp³-hybridized carbons (Fsp3) is 0.650. The highest BCUT2D eigenvalue weighted by molar-refractivity contribution is 5.69. The summed E-state index contributed by atoms with van der Waals surface area (Å²) in [6, 6.07) is 7.63. The fourth-order valence-electron chi connectivity index (χ4n) is 3.82. The number of piperidine rings is 1. The standard InChI is InChI=1S/C20H28FNO4/c1-20(2,3)26-19(23)22-14-7-8-15(22)12-18(11-14)25-17-6-4-5-16(13-17)24-10-9-21/h4-6,13-15,18H,7-12H2,1-3H3/t14-,15+,18+. The molecule has 0 radical (unpaired) electrons. The molecule has 144 valence electrons. The zero-order valence-electron chi connectivity index (χ0n) is 15.7. The highest BCUT2D eigenvalue weighted by Crippen LogP contribution is 2.38. The average Bonchev–Trinajstić information content (AvgIpc) is 2.83. The van der Waals surface area contributed by atoms with Crippen LogP contribution < -0.4 is 9.47 Å². The molecular formula is C20H28FNO4. The zero-order valence-corrected chi connectivity index (χ0v) is 15.7. The number of carbonyl (C=O) groups excluding carboxylic acids is 1. The summed E-state index contributed by atoms with van der Waals surface area (Å²) in [5.74, 6) is 1.32. The molecule has 0 unspecified atom stereocenters. The van der Waals surface area contributed by atoms with Crippen molar-refractivity contribution in [3.63, 3.8) is 0 Å². The Morgan fingerprint density at radius 2 is 1.85 bits per heavy atom. The maximum Gasteiger partial charge on any atom is 0.410 e. The Morgan fingerprint density at radius 1 is 1.19 bits per heavy atom. The maximum absolute atomic E-state index is 12.5. The first-order valence-electron chi connectivity index (χ1n) is 9.32. The molecule has 2 bridgehead atoms. The van der Waals surface area contributed by atoms with Crippen molar-refractivity contribution in [2.24, 2.45) is 0 Å². The third kappa shape index (κ3) is 4.59. The second-order valence-corrected chi connectivity index (χ2v) is 8.00. The Kier molecular flexibility index (Phi) is 5.58. The van der Waals surface area contributed by atoms with Crippen LogP contribution in [-0.2, 0) is 4.74 Å². The predicted molar refractivity (Wildman–Crippen MR) is 96.4 cm³/mol. The van der Waals surface area contributed by atoms with Crippen LogP contribution in [0.25, 0.3) is 0 Å². The zero-order chi connectivity index (χ0) is 18.7. The minimum absolute atomic E-state index is 0.0435. The van der Waals surface area contributed by atoms with E-state index in [1.165, 1.54) is 0 Å². The molecule has 2 saturated heterocycles. The summed E-state index contributed by atoms with van der Waals surface area (Å²) in [6.45, 7) is 5.20. The molecule has 5 nitrogen and oxygen atoms in total. The first kappa shape index (κ1) is 18.8. The number of hydrogen-bond acceptors (Lipinski definition) is 4. The average molecular weight is 365 g/mol. The van der Waals surface area contributed by atoms with Gasteiger partial charge in [0.25, 0.3) is 0 Å². The van der Waals surface area contributed by atoms with Gasteiger partial charge < -0.3 is 19.1 Å². The number of alkyl halides is 1. The molecule has 2 aliphatic rings. The Labute approximate surface area is 154 Å². The van der Waals surface area contributed by atoms with Crippen molar-refractivity contribution < 1.29 is 23.4 Å². The molecule has 0 spiro atoms. The van der Waals surface area contributed by atoms with Gasteiger partial charge >= 0.3 is 6.09 Å². The molecule has 0 aliphatic carbocycles. The maximum atomic E-state index is 12.5. The first-order valence-corrected chi connectivity index (χ1v) is 9.32. The van der Waals surface area contributed by atoms with Crippen LogP contribution in [0.2, 0.25) is 0 Å². The first-order chi connectivity index (χ1) is 12.4. The number of ether oxygens (including phenoxy) is 3.